The van der Waals surface area contributed by atoms with Gasteiger partial charge in [0.2, 0.25) is 0 Å². The average Bonchev–Trinajstić information content (AvgIpc) is 3.00. The minimum atomic E-state index is -0.231. The minimum Gasteiger partial charge on any atom is -0.359 e. The van der Waals surface area contributed by atoms with Crippen molar-refractivity contribution in [3.8, 4) is 11.1 Å². The first kappa shape index (κ1) is 10.5. The maximum Gasteiger partial charge on any atom is 0.161 e. The van der Waals surface area contributed by atoms with Crippen LogP contribution in [-0.4, -0.2) is 11.7 Å². The molecular weight excluding hydrogens is 219 g/mol. The second-order valence-electron chi connectivity index (χ2n) is 4.26. The summed E-state index contributed by atoms with van der Waals surface area (Å²) in [4.78, 5) is 0. The van der Waals surface area contributed by atoms with E-state index in [1.54, 1.807) is 18.3 Å². The van der Waals surface area contributed by atoms with E-state index in [0.717, 1.165) is 36.3 Å². The van der Waals surface area contributed by atoms with Crippen LogP contribution in [0.25, 0.3) is 11.1 Å². The van der Waals surface area contributed by atoms with Crippen molar-refractivity contribution >= 4 is 0 Å². The molecule has 2 heterocycles. The lowest BCUT2D eigenvalue weighted by atomic mass is 10.0. The predicted octanol–water partition coefficient (Wildman–Crippen LogP) is 2.91. The van der Waals surface area contributed by atoms with Gasteiger partial charge in [-0.05, 0) is 37.1 Å². The Balaban J connectivity index is 1.97. The molecule has 3 rings (SSSR count). The lowest BCUT2D eigenvalue weighted by molar-refractivity contribution is 0.352. The van der Waals surface area contributed by atoms with Gasteiger partial charge in [0.1, 0.15) is 5.82 Å². The molecule has 1 atom stereocenters. The molecule has 88 valence electrons. The molecule has 4 heteroatoms. The van der Waals surface area contributed by atoms with Crippen molar-refractivity contribution in [2.75, 3.05) is 6.54 Å². The van der Waals surface area contributed by atoms with E-state index in [4.69, 9.17) is 4.52 Å². The van der Waals surface area contributed by atoms with Gasteiger partial charge in [-0.3, -0.25) is 0 Å². The number of hydrogen-bond donors (Lipinski definition) is 1. The molecule has 1 N–H and O–H groups in total. The summed E-state index contributed by atoms with van der Waals surface area (Å²) in [6.07, 6.45) is 3.90. The Kier molecular flexibility index (Phi) is 2.65. The Morgan fingerprint density at radius 1 is 1.29 bits per heavy atom. The summed E-state index contributed by atoms with van der Waals surface area (Å²) in [5.41, 5.74) is 1.89. The summed E-state index contributed by atoms with van der Waals surface area (Å²) in [5, 5.41) is 7.23. The van der Waals surface area contributed by atoms with Gasteiger partial charge < -0.3 is 9.84 Å². The number of nitrogens with one attached hydrogen (secondary N) is 1. The van der Waals surface area contributed by atoms with Gasteiger partial charge in [0.15, 0.2) is 5.76 Å². The third kappa shape index (κ3) is 1.96. The Hall–Kier alpha value is -1.68. The highest BCUT2D eigenvalue weighted by atomic mass is 19.1. The van der Waals surface area contributed by atoms with Gasteiger partial charge in [-0.2, -0.15) is 0 Å². The largest absolute Gasteiger partial charge is 0.359 e. The van der Waals surface area contributed by atoms with Crippen LogP contribution in [0.1, 0.15) is 24.6 Å². The van der Waals surface area contributed by atoms with Crippen molar-refractivity contribution in [2.24, 2.45) is 0 Å². The molecule has 1 fully saturated rings. The Bertz CT molecular complexity index is 500. The third-order valence-corrected chi connectivity index (χ3v) is 3.13. The van der Waals surface area contributed by atoms with Gasteiger partial charge >= 0.3 is 0 Å². The lowest BCUT2D eigenvalue weighted by Crippen LogP contribution is -2.12. The fourth-order valence-electron chi connectivity index (χ4n) is 2.25. The highest BCUT2D eigenvalue weighted by Crippen LogP contribution is 2.32. The quantitative estimate of drug-likeness (QED) is 0.865. The van der Waals surface area contributed by atoms with Crippen molar-refractivity contribution in [3.05, 3.63) is 42.0 Å². The zero-order chi connectivity index (χ0) is 11.7. The van der Waals surface area contributed by atoms with Crippen molar-refractivity contribution in [1.29, 1.82) is 0 Å². The van der Waals surface area contributed by atoms with Crippen LogP contribution < -0.4 is 5.32 Å². The first-order valence-electron chi connectivity index (χ1n) is 5.78. The number of halogens is 1. The summed E-state index contributed by atoms with van der Waals surface area (Å²) in [6, 6.07) is 6.64. The fraction of sp³-hybridized carbons (Fsp3) is 0.308. The van der Waals surface area contributed by atoms with Crippen LogP contribution in [-0.2, 0) is 0 Å². The van der Waals surface area contributed by atoms with Crippen LogP contribution in [0.2, 0.25) is 0 Å². The number of hydrogen-bond acceptors (Lipinski definition) is 3. The van der Waals surface area contributed by atoms with Gasteiger partial charge in [-0.1, -0.05) is 17.3 Å². The molecule has 0 radical (unpaired) electrons. The molecule has 0 saturated carbocycles. The third-order valence-electron chi connectivity index (χ3n) is 3.13. The molecule has 0 bridgehead atoms. The van der Waals surface area contributed by atoms with Crippen LogP contribution in [0.5, 0.6) is 0 Å². The van der Waals surface area contributed by atoms with Crippen LogP contribution in [0.15, 0.2) is 35.0 Å². The average molecular weight is 232 g/mol. The smallest absolute Gasteiger partial charge is 0.161 e. The number of nitrogens with zero attached hydrogens (tertiary/aromatic N) is 1. The Labute approximate surface area is 98.6 Å². The molecule has 0 aliphatic carbocycles. The number of rotatable bonds is 2. The van der Waals surface area contributed by atoms with E-state index in [-0.39, 0.29) is 11.9 Å². The van der Waals surface area contributed by atoms with E-state index >= 15 is 0 Å². The number of aromatic nitrogens is 1. The summed E-state index contributed by atoms with van der Waals surface area (Å²) in [5.74, 6) is 0.625. The molecule has 0 spiro atoms. The molecule has 1 aromatic carbocycles. The first-order valence-corrected chi connectivity index (χ1v) is 5.78. The zero-order valence-electron chi connectivity index (χ0n) is 9.32. The first-order chi connectivity index (χ1) is 8.34. The summed E-state index contributed by atoms with van der Waals surface area (Å²) in [6.45, 7) is 1.01. The van der Waals surface area contributed by atoms with Gasteiger partial charge in [-0.15, -0.1) is 0 Å². The van der Waals surface area contributed by atoms with Crippen LogP contribution in [0, 0.1) is 5.82 Å². The second-order valence-corrected chi connectivity index (χ2v) is 4.26. The van der Waals surface area contributed by atoms with Gasteiger partial charge in [0.25, 0.3) is 0 Å². The van der Waals surface area contributed by atoms with E-state index in [2.05, 4.69) is 10.5 Å². The van der Waals surface area contributed by atoms with E-state index in [1.807, 2.05) is 0 Å². The molecule has 3 nitrogen and oxygen atoms in total. The standard InChI is InChI=1S/C13H13FN2O/c14-10-5-3-9(4-6-10)11-8-16-17-13(11)12-2-1-7-15-12/h3-6,8,12,15H,1-2,7H2. The second kappa shape index (κ2) is 4.30. The topological polar surface area (TPSA) is 38.1 Å². The fourth-order valence-corrected chi connectivity index (χ4v) is 2.25. The molecule has 1 aliphatic heterocycles. The summed E-state index contributed by atoms with van der Waals surface area (Å²) >= 11 is 0. The zero-order valence-corrected chi connectivity index (χ0v) is 9.32. The maximum absolute atomic E-state index is 12.9. The van der Waals surface area contributed by atoms with Gasteiger partial charge in [-0.25, -0.2) is 4.39 Å². The molecule has 0 amide bonds. The van der Waals surface area contributed by atoms with E-state index < -0.39 is 0 Å². The minimum absolute atomic E-state index is 0.231. The molecular formula is C13H13FN2O. The normalized spacial score (nSPS) is 19.7. The highest BCUT2D eigenvalue weighted by Gasteiger charge is 2.23. The van der Waals surface area contributed by atoms with Crippen molar-refractivity contribution < 1.29 is 8.91 Å². The Morgan fingerprint density at radius 3 is 2.82 bits per heavy atom. The van der Waals surface area contributed by atoms with Gasteiger partial charge in [0, 0.05) is 5.56 Å². The van der Waals surface area contributed by atoms with Gasteiger partial charge in [0.05, 0.1) is 12.2 Å². The van der Waals surface area contributed by atoms with Crippen molar-refractivity contribution in [3.63, 3.8) is 0 Å². The molecule has 1 aliphatic rings. The SMILES string of the molecule is Fc1ccc(-c2cnoc2C2CCCN2)cc1. The number of benzene rings is 1. The van der Waals surface area contributed by atoms with E-state index in [0.29, 0.717) is 0 Å². The molecule has 1 unspecified atom stereocenters. The monoisotopic (exact) mass is 232 g/mol. The van der Waals surface area contributed by atoms with E-state index in [1.165, 1.54) is 12.1 Å². The van der Waals surface area contributed by atoms with E-state index in [9.17, 15) is 4.39 Å². The van der Waals surface area contributed by atoms with Crippen molar-refractivity contribution in [1.82, 2.24) is 10.5 Å². The van der Waals surface area contributed by atoms with Crippen molar-refractivity contribution in [2.45, 2.75) is 18.9 Å². The lowest BCUT2D eigenvalue weighted by Gasteiger charge is -2.08. The predicted molar refractivity (Wildman–Crippen MR) is 61.9 cm³/mol. The molecule has 1 aromatic heterocycles. The maximum atomic E-state index is 12.9. The molecule has 17 heavy (non-hydrogen) atoms. The van der Waals surface area contributed by atoms with Crippen LogP contribution in [0.3, 0.4) is 0 Å². The highest BCUT2D eigenvalue weighted by molar-refractivity contribution is 5.64. The molecule has 2 aromatic rings. The van der Waals surface area contributed by atoms with Crippen LogP contribution >= 0.6 is 0 Å². The summed E-state index contributed by atoms with van der Waals surface area (Å²) in [7, 11) is 0. The van der Waals surface area contributed by atoms with Crippen LogP contribution in [0.4, 0.5) is 4.39 Å². The molecule has 1 saturated heterocycles. The summed E-state index contributed by atoms with van der Waals surface area (Å²) < 4.78 is 18.2. The Morgan fingerprint density at radius 2 is 2.12 bits per heavy atom.